The molecule has 2 heteroatoms. The quantitative estimate of drug-likeness (QED) is 0.708. The standard InChI is InChI=1S/C13H12N2/c14-9-2-1-5-11-6-3-7-12-8-4-10-15-13(11)12/h3-4,6-8,10H,2,9,14H2. The first-order chi connectivity index (χ1) is 7.42. The number of rotatable bonds is 1. The van der Waals surface area contributed by atoms with Crippen LogP contribution in [-0.4, -0.2) is 11.5 Å². The summed E-state index contributed by atoms with van der Waals surface area (Å²) in [5.74, 6) is 6.12. The van der Waals surface area contributed by atoms with E-state index in [9.17, 15) is 0 Å². The van der Waals surface area contributed by atoms with E-state index in [0.29, 0.717) is 6.54 Å². The predicted molar refractivity (Wildman–Crippen MR) is 62.3 cm³/mol. The molecule has 0 aliphatic rings. The molecule has 1 aromatic carbocycles. The van der Waals surface area contributed by atoms with Crippen molar-refractivity contribution in [3.63, 3.8) is 0 Å². The van der Waals surface area contributed by atoms with Crippen LogP contribution in [0.25, 0.3) is 10.9 Å². The van der Waals surface area contributed by atoms with Gasteiger partial charge >= 0.3 is 0 Å². The Kier molecular flexibility index (Phi) is 2.96. The van der Waals surface area contributed by atoms with Crippen molar-refractivity contribution in [2.75, 3.05) is 6.54 Å². The van der Waals surface area contributed by atoms with E-state index in [1.54, 1.807) is 6.20 Å². The maximum absolute atomic E-state index is 5.39. The van der Waals surface area contributed by atoms with Crippen molar-refractivity contribution in [3.05, 3.63) is 42.1 Å². The molecule has 0 amide bonds. The lowest BCUT2D eigenvalue weighted by molar-refractivity contribution is 1.03. The van der Waals surface area contributed by atoms with Crippen molar-refractivity contribution in [1.82, 2.24) is 4.98 Å². The van der Waals surface area contributed by atoms with Gasteiger partial charge in [-0.25, -0.2) is 0 Å². The molecular weight excluding hydrogens is 184 g/mol. The Morgan fingerprint density at radius 3 is 2.93 bits per heavy atom. The summed E-state index contributed by atoms with van der Waals surface area (Å²) in [6, 6.07) is 9.99. The summed E-state index contributed by atoms with van der Waals surface area (Å²) in [5.41, 5.74) is 7.32. The number of fused-ring (bicyclic) bond motifs is 1. The van der Waals surface area contributed by atoms with Crippen LogP contribution in [0.4, 0.5) is 0 Å². The molecule has 2 rings (SSSR count). The van der Waals surface area contributed by atoms with E-state index in [-0.39, 0.29) is 0 Å². The van der Waals surface area contributed by atoms with Crippen LogP contribution >= 0.6 is 0 Å². The van der Waals surface area contributed by atoms with Crippen LogP contribution in [-0.2, 0) is 0 Å². The van der Waals surface area contributed by atoms with Crippen molar-refractivity contribution in [2.45, 2.75) is 6.42 Å². The molecule has 0 spiro atoms. The van der Waals surface area contributed by atoms with Crippen LogP contribution in [0.5, 0.6) is 0 Å². The minimum atomic E-state index is 0.602. The van der Waals surface area contributed by atoms with Gasteiger partial charge in [0.25, 0.3) is 0 Å². The summed E-state index contributed by atoms with van der Waals surface area (Å²) in [4.78, 5) is 4.33. The van der Waals surface area contributed by atoms with Gasteiger partial charge in [0.1, 0.15) is 0 Å². The Bertz CT molecular complexity index is 515. The molecule has 1 heterocycles. The topological polar surface area (TPSA) is 38.9 Å². The van der Waals surface area contributed by atoms with Gasteiger partial charge in [0.05, 0.1) is 11.1 Å². The fourth-order valence-corrected chi connectivity index (χ4v) is 1.43. The van der Waals surface area contributed by atoms with Gasteiger partial charge in [0.2, 0.25) is 0 Å². The molecule has 0 bridgehead atoms. The molecular formula is C13H12N2. The molecule has 1 aromatic heterocycles. The van der Waals surface area contributed by atoms with Crippen LogP contribution in [0.1, 0.15) is 12.0 Å². The van der Waals surface area contributed by atoms with Gasteiger partial charge in [0.15, 0.2) is 0 Å². The van der Waals surface area contributed by atoms with E-state index in [2.05, 4.69) is 16.8 Å². The average molecular weight is 196 g/mol. The van der Waals surface area contributed by atoms with E-state index in [4.69, 9.17) is 5.73 Å². The van der Waals surface area contributed by atoms with E-state index < -0.39 is 0 Å². The van der Waals surface area contributed by atoms with Crippen LogP contribution in [0.15, 0.2) is 36.5 Å². The lowest BCUT2D eigenvalue weighted by Gasteiger charge is -1.97. The number of nitrogens with zero attached hydrogens (tertiary/aromatic N) is 1. The molecule has 2 aromatic rings. The lowest BCUT2D eigenvalue weighted by atomic mass is 10.1. The van der Waals surface area contributed by atoms with E-state index in [1.807, 2.05) is 30.3 Å². The van der Waals surface area contributed by atoms with Crippen molar-refractivity contribution in [2.24, 2.45) is 5.73 Å². The Morgan fingerprint density at radius 2 is 2.07 bits per heavy atom. The second-order valence-electron chi connectivity index (χ2n) is 3.22. The van der Waals surface area contributed by atoms with E-state index in [1.165, 1.54) is 0 Å². The molecule has 0 saturated heterocycles. The third kappa shape index (κ3) is 2.15. The van der Waals surface area contributed by atoms with Crippen molar-refractivity contribution in [1.29, 1.82) is 0 Å². The highest BCUT2D eigenvalue weighted by atomic mass is 14.6. The zero-order chi connectivity index (χ0) is 10.5. The summed E-state index contributed by atoms with van der Waals surface area (Å²) in [7, 11) is 0. The monoisotopic (exact) mass is 196 g/mol. The fourth-order valence-electron chi connectivity index (χ4n) is 1.43. The predicted octanol–water partition coefficient (Wildman–Crippen LogP) is 1.94. The van der Waals surface area contributed by atoms with Gasteiger partial charge in [-0.05, 0) is 12.1 Å². The molecule has 0 radical (unpaired) electrons. The van der Waals surface area contributed by atoms with Crippen LogP contribution in [0, 0.1) is 11.8 Å². The molecule has 2 N–H and O–H groups in total. The molecule has 2 nitrogen and oxygen atoms in total. The third-order valence-electron chi connectivity index (χ3n) is 2.13. The second-order valence-corrected chi connectivity index (χ2v) is 3.22. The van der Waals surface area contributed by atoms with Gasteiger partial charge in [-0.3, -0.25) is 4.98 Å². The lowest BCUT2D eigenvalue weighted by Crippen LogP contribution is -1.95. The van der Waals surface area contributed by atoms with E-state index >= 15 is 0 Å². The van der Waals surface area contributed by atoms with Gasteiger partial charge in [-0.15, -0.1) is 0 Å². The number of nitrogens with two attached hydrogens (primary N) is 1. The summed E-state index contributed by atoms with van der Waals surface area (Å²) < 4.78 is 0. The maximum Gasteiger partial charge on any atom is 0.0858 e. The van der Waals surface area contributed by atoms with Crippen molar-refractivity contribution < 1.29 is 0 Å². The number of para-hydroxylation sites is 1. The van der Waals surface area contributed by atoms with Crippen molar-refractivity contribution >= 4 is 10.9 Å². The van der Waals surface area contributed by atoms with Crippen LogP contribution in [0.2, 0.25) is 0 Å². The molecule has 15 heavy (non-hydrogen) atoms. The first-order valence-electron chi connectivity index (χ1n) is 4.94. The van der Waals surface area contributed by atoms with Crippen LogP contribution < -0.4 is 5.73 Å². The van der Waals surface area contributed by atoms with Gasteiger partial charge in [-0.2, -0.15) is 0 Å². The highest BCUT2D eigenvalue weighted by Gasteiger charge is 1.96. The third-order valence-corrected chi connectivity index (χ3v) is 2.13. The minimum absolute atomic E-state index is 0.602. The highest BCUT2D eigenvalue weighted by Crippen LogP contribution is 2.14. The Hall–Kier alpha value is -1.85. The largest absolute Gasteiger partial charge is 0.330 e. The zero-order valence-electron chi connectivity index (χ0n) is 8.40. The van der Waals surface area contributed by atoms with Gasteiger partial charge in [0, 0.05) is 24.5 Å². The molecule has 0 atom stereocenters. The Morgan fingerprint density at radius 1 is 1.20 bits per heavy atom. The zero-order valence-corrected chi connectivity index (χ0v) is 8.40. The molecule has 0 fully saturated rings. The summed E-state index contributed by atoms with van der Waals surface area (Å²) >= 11 is 0. The van der Waals surface area contributed by atoms with E-state index in [0.717, 1.165) is 22.9 Å². The number of hydrogen-bond donors (Lipinski definition) is 1. The van der Waals surface area contributed by atoms with Crippen molar-refractivity contribution in [3.8, 4) is 11.8 Å². The molecule has 0 saturated carbocycles. The summed E-state index contributed by atoms with van der Waals surface area (Å²) in [6.07, 6.45) is 2.51. The minimum Gasteiger partial charge on any atom is -0.330 e. The maximum atomic E-state index is 5.39. The highest BCUT2D eigenvalue weighted by molar-refractivity contribution is 5.84. The van der Waals surface area contributed by atoms with Gasteiger partial charge < -0.3 is 5.73 Å². The summed E-state index contributed by atoms with van der Waals surface area (Å²) in [6.45, 7) is 0.602. The molecule has 74 valence electrons. The second kappa shape index (κ2) is 4.59. The fraction of sp³-hybridized carbons (Fsp3) is 0.154. The number of hydrogen-bond acceptors (Lipinski definition) is 2. The molecule has 0 aliphatic heterocycles. The Balaban J connectivity index is 2.48. The first kappa shape index (κ1) is 9.70. The molecule has 0 unspecified atom stereocenters. The smallest absolute Gasteiger partial charge is 0.0858 e. The normalized spacial score (nSPS) is 9.67. The Labute approximate surface area is 89.1 Å². The van der Waals surface area contributed by atoms with Crippen LogP contribution in [0.3, 0.4) is 0 Å². The number of benzene rings is 1. The SMILES string of the molecule is NCCC#Cc1cccc2cccnc12. The summed E-state index contributed by atoms with van der Waals surface area (Å²) in [5, 5.41) is 1.12. The average Bonchev–Trinajstić information content (AvgIpc) is 2.30. The first-order valence-corrected chi connectivity index (χ1v) is 4.94. The number of aromatic nitrogens is 1. The van der Waals surface area contributed by atoms with Gasteiger partial charge in [-0.1, -0.05) is 30.0 Å². The molecule has 0 aliphatic carbocycles. The number of pyridine rings is 1.